The van der Waals surface area contributed by atoms with Crippen molar-refractivity contribution in [1.82, 2.24) is 15.7 Å². The summed E-state index contributed by atoms with van der Waals surface area (Å²) in [6.45, 7) is 4.21. The van der Waals surface area contributed by atoms with E-state index in [9.17, 15) is 14.4 Å². The van der Waals surface area contributed by atoms with Crippen molar-refractivity contribution in [2.45, 2.75) is 33.4 Å². The molecule has 34 heavy (non-hydrogen) atoms. The minimum atomic E-state index is -1.04. The number of anilines is 1. The van der Waals surface area contributed by atoms with Gasteiger partial charge < -0.3 is 16.4 Å². The fraction of sp³-hybridized carbons (Fsp3) is 0.320. The Morgan fingerprint density at radius 1 is 1.00 bits per heavy atom. The summed E-state index contributed by atoms with van der Waals surface area (Å²) in [5, 5.41) is 14.0. The molecule has 0 aliphatic heterocycles. The molecule has 2 aromatic rings. The molecule has 0 saturated carbocycles. The molecule has 0 heterocycles. The van der Waals surface area contributed by atoms with Crippen LogP contribution in [0.4, 0.5) is 5.69 Å². The molecule has 3 amide bonds. The van der Waals surface area contributed by atoms with E-state index < -0.39 is 17.9 Å². The number of nitrogens with two attached hydrogens (primary N) is 1. The van der Waals surface area contributed by atoms with Gasteiger partial charge in [-0.05, 0) is 69.4 Å². The minimum Gasteiger partial charge on any atom is -0.339 e. The Labute approximate surface area is 200 Å². The molecule has 2 rings (SSSR count). The first-order chi connectivity index (χ1) is 15.7. The summed E-state index contributed by atoms with van der Waals surface area (Å²) in [6, 6.07) is 13.0. The van der Waals surface area contributed by atoms with Gasteiger partial charge in [-0.2, -0.15) is 0 Å². The van der Waals surface area contributed by atoms with Crippen LogP contribution in [0.15, 0.2) is 48.5 Å². The van der Waals surface area contributed by atoms with Crippen LogP contribution >= 0.6 is 0 Å². The van der Waals surface area contributed by atoms with Crippen molar-refractivity contribution in [3.63, 3.8) is 0 Å². The van der Waals surface area contributed by atoms with Crippen LogP contribution in [0, 0.1) is 11.8 Å². The third kappa shape index (κ3) is 8.67. The lowest BCUT2D eigenvalue weighted by Gasteiger charge is -2.20. The average molecular weight is 468 g/mol. The van der Waals surface area contributed by atoms with Gasteiger partial charge in [-0.1, -0.05) is 19.3 Å². The summed E-state index contributed by atoms with van der Waals surface area (Å²) >= 11 is 0. The Morgan fingerprint density at radius 3 is 2.00 bits per heavy atom. The number of amides is 3. The zero-order chi connectivity index (χ0) is 24.4. The molecule has 0 aliphatic carbocycles. The first kappa shape index (κ1) is 28.3. The minimum absolute atomic E-state index is 0. The molecule has 0 aromatic heterocycles. The molecule has 9 heteroatoms. The van der Waals surface area contributed by atoms with E-state index in [0.717, 1.165) is 5.56 Å². The molecule has 0 bridgehead atoms. The lowest BCUT2D eigenvalue weighted by molar-refractivity contribution is -0.130. The number of nitrogens with one attached hydrogen (secondary N) is 3. The molecule has 0 aliphatic rings. The van der Waals surface area contributed by atoms with E-state index in [1.165, 1.54) is 5.48 Å². The number of hydroxylamine groups is 1. The van der Waals surface area contributed by atoms with Crippen molar-refractivity contribution in [2.24, 2.45) is 5.73 Å². The van der Waals surface area contributed by atoms with E-state index in [1.54, 1.807) is 36.4 Å². The largest absolute Gasteiger partial charge is 0.339 e. The third-order valence-electron chi connectivity index (χ3n) is 4.91. The summed E-state index contributed by atoms with van der Waals surface area (Å²) in [5.74, 6) is 4.68. The van der Waals surface area contributed by atoms with E-state index in [0.29, 0.717) is 23.4 Å². The normalized spacial score (nSPS) is 11.0. The Morgan fingerprint density at radius 2 is 1.53 bits per heavy atom. The number of carbonyl (C=O) groups is 3. The van der Waals surface area contributed by atoms with Crippen molar-refractivity contribution < 1.29 is 19.6 Å². The van der Waals surface area contributed by atoms with Crippen molar-refractivity contribution in [3.8, 4) is 11.8 Å². The van der Waals surface area contributed by atoms with Crippen molar-refractivity contribution >= 4 is 23.4 Å². The quantitative estimate of drug-likeness (QED) is 0.227. The predicted molar refractivity (Wildman–Crippen MR) is 132 cm³/mol. The van der Waals surface area contributed by atoms with Crippen molar-refractivity contribution in [3.05, 3.63) is 65.2 Å². The van der Waals surface area contributed by atoms with Crippen LogP contribution in [0.1, 0.15) is 42.8 Å². The molecule has 0 saturated heterocycles. The molecule has 182 valence electrons. The van der Waals surface area contributed by atoms with Gasteiger partial charge in [0.25, 0.3) is 11.8 Å². The monoisotopic (exact) mass is 467 g/mol. The van der Waals surface area contributed by atoms with Gasteiger partial charge in [0.05, 0.1) is 6.54 Å². The van der Waals surface area contributed by atoms with Crippen LogP contribution in [0.5, 0.6) is 0 Å². The maximum atomic E-state index is 12.2. The summed E-state index contributed by atoms with van der Waals surface area (Å²) in [5.41, 5.74) is 9.39. The zero-order valence-electron chi connectivity index (χ0n) is 18.9. The highest BCUT2D eigenvalue weighted by Crippen LogP contribution is 2.10. The average Bonchev–Trinajstić information content (AvgIpc) is 2.81. The van der Waals surface area contributed by atoms with Crippen molar-refractivity contribution in [1.29, 1.82) is 0 Å². The number of hydrogen-bond donors (Lipinski definition) is 5. The zero-order valence-corrected chi connectivity index (χ0v) is 18.9. The standard InChI is InChI=1S/C24H29N5O4.CH4/c1-16(2)29(3)15-22(30)26-20-12-8-18(9-13-20)5-4-17-6-10-19(11-7-17)23(31)27-21(14-25)24(32)28-33;/h6-13,16,21,33H,14-15,25H2,1-3H3,(H,26,30)(H,27,31)(H,28,32);1H4/t21-;/m0./s1. The fourth-order valence-electron chi connectivity index (χ4n) is 2.65. The number of likely N-dealkylation sites (N-methyl/N-ethyl adjacent to an activating group) is 1. The van der Waals surface area contributed by atoms with Crippen LogP contribution in [0.3, 0.4) is 0 Å². The Balaban J connectivity index is 0.00000578. The van der Waals surface area contributed by atoms with Crippen molar-refractivity contribution in [2.75, 3.05) is 25.5 Å². The Kier molecular flexibility index (Phi) is 11.5. The maximum Gasteiger partial charge on any atom is 0.267 e. The SMILES string of the molecule is C.CC(C)N(C)CC(=O)Nc1ccc(C#Cc2ccc(C(=O)N[C@@H](CN)C(=O)NO)cc2)cc1. The molecule has 0 spiro atoms. The molecule has 9 nitrogen and oxygen atoms in total. The first-order valence-electron chi connectivity index (χ1n) is 10.4. The topological polar surface area (TPSA) is 137 Å². The summed E-state index contributed by atoms with van der Waals surface area (Å²) in [4.78, 5) is 37.7. The van der Waals surface area contributed by atoms with Crippen LogP contribution in [-0.2, 0) is 9.59 Å². The highest BCUT2D eigenvalue weighted by atomic mass is 16.5. The second-order valence-corrected chi connectivity index (χ2v) is 7.70. The number of hydrogen-bond acceptors (Lipinski definition) is 6. The smallest absolute Gasteiger partial charge is 0.267 e. The number of rotatable bonds is 8. The van der Waals surface area contributed by atoms with E-state index in [1.807, 2.05) is 37.9 Å². The number of carbonyl (C=O) groups excluding carboxylic acids is 3. The van der Waals surface area contributed by atoms with Crippen LogP contribution in [0.25, 0.3) is 0 Å². The first-order valence-corrected chi connectivity index (χ1v) is 10.4. The lowest BCUT2D eigenvalue weighted by Crippen LogP contribution is -2.50. The second-order valence-electron chi connectivity index (χ2n) is 7.70. The van der Waals surface area contributed by atoms with Crippen LogP contribution in [-0.4, -0.2) is 60.0 Å². The van der Waals surface area contributed by atoms with Gasteiger partial charge in [0, 0.05) is 35.0 Å². The van der Waals surface area contributed by atoms with E-state index in [-0.39, 0.29) is 25.9 Å². The summed E-state index contributed by atoms with van der Waals surface area (Å²) in [6.07, 6.45) is 0. The maximum absolute atomic E-state index is 12.2. The molecule has 6 N–H and O–H groups in total. The van der Waals surface area contributed by atoms with Gasteiger partial charge in [-0.15, -0.1) is 0 Å². The Hall–Kier alpha value is -3.71. The highest BCUT2D eigenvalue weighted by molar-refractivity contribution is 5.97. The van der Waals surface area contributed by atoms with Gasteiger partial charge in [0.15, 0.2) is 0 Å². The molecule has 0 radical (unpaired) electrons. The second kappa shape index (κ2) is 13.7. The van der Waals surface area contributed by atoms with Crippen LogP contribution < -0.4 is 21.8 Å². The molecule has 0 fully saturated rings. The summed E-state index contributed by atoms with van der Waals surface area (Å²) in [7, 11) is 1.90. The van der Waals surface area contributed by atoms with E-state index in [4.69, 9.17) is 10.9 Å². The van der Waals surface area contributed by atoms with Crippen LogP contribution in [0.2, 0.25) is 0 Å². The fourth-order valence-corrected chi connectivity index (χ4v) is 2.65. The third-order valence-corrected chi connectivity index (χ3v) is 4.91. The summed E-state index contributed by atoms with van der Waals surface area (Å²) < 4.78 is 0. The molecule has 0 unspecified atom stereocenters. The lowest BCUT2D eigenvalue weighted by atomic mass is 10.1. The molecular formula is C25H33N5O4. The Bertz CT molecular complexity index is 1020. The van der Waals surface area contributed by atoms with Gasteiger partial charge in [0.2, 0.25) is 5.91 Å². The van der Waals surface area contributed by atoms with E-state index >= 15 is 0 Å². The van der Waals surface area contributed by atoms with Gasteiger partial charge in [0.1, 0.15) is 6.04 Å². The van der Waals surface area contributed by atoms with Gasteiger partial charge in [-0.3, -0.25) is 24.5 Å². The van der Waals surface area contributed by atoms with Gasteiger partial charge >= 0.3 is 0 Å². The van der Waals surface area contributed by atoms with E-state index in [2.05, 4.69) is 22.5 Å². The number of nitrogens with zero attached hydrogens (tertiary/aromatic N) is 1. The highest BCUT2D eigenvalue weighted by Gasteiger charge is 2.19. The molecule has 1 atom stereocenters. The van der Waals surface area contributed by atoms with Gasteiger partial charge in [-0.25, -0.2) is 5.48 Å². The molecular weight excluding hydrogens is 434 g/mol. The molecule has 2 aromatic carbocycles. The number of benzene rings is 2. The predicted octanol–water partition coefficient (Wildman–Crippen LogP) is 1.56.